The first-order chi connectivity index (χ1) is 13.4. The number of carbonyl (C=O) groups is 1. The Hall–Kier alpha value is -2.04. The highest BCUT2D eigenvalue weighted by Gasteiger charge is 2.33. The minimum Gasteiger partial charge on any atom is -0.490 e. The van der Waals surface area contributed by atoms with Crippen LogP contribution in [-0.4, -0.2) is 69.3 Å². The maximum absolute atomic E-state index is 14.8. The van der Waals surface area contributed by atoms with Gasteiger partial charge in [-0.1, -0.05) is 0 Å². The zero-order chi connectivity index (χ0) is 20.3. The van der Waals surface area contributed by atoms with Gasteiger partial charge in [-0.3, -0.25) is 9.74 Å². The molecule has 3 rings (SSSR count). The summed E-state index contributed by atoms with van der Waals surface area (Å²) in [4.78, 5) is 20.4. The third-order valence-electron chi connectivity index (χ3n) is 4.76. The summed E-state index contributed by atoms with van der Waals surface area (Å²) in [6.45, 7) is 1.85. The largest absolute Gasteiger partial charge is 0.490 e. The van der Waals surface area contributed by atoms with Gasteiger partial charge in [-0.2, -0.15) is 5.06 Å². The molecule has 0 aromatic heterocycles. The number of carbonyl (C=O) groups excluding carboxylic acids is 1. The van der Waals surface area contributed by atoms with Crippen LogP contribution < -0.4 is 9.80 Å². The number of rotatable bonds is 5. The molecule has 0 N–H and O–H groups in total. The van der Waals surface area contributed by atoms with Gasteiger partial charge in [0.15, 0.2) is 16.7 Å². The number of methoxy groups -OCH3 is 1. The number of halogens is 2. The van der Waals surface area contributed by atoms with E-state index in [0.29, 0.717) is 44.1 Å². The van der Waals surface area contributed by atoms with Gasteiger partial charge in [-0.25, -0.2) is 13.6 Å². The minimum atomic E-state index is -0.726. The summed E-state index contributed by atoms with van der Waals surface area (Å²) in [6.07, 6.45) is -0.0984. The standard InChI is InChI=1S/C18H23F2N3O4S/c1-21-5-6-22(7-8-26-21)17-14(19)9-12(10-15(17)20)23-11-13(27-18(23)24)3-4-16(28)25-2/h9-10,13H,3-8,11H2,1-2H3/t13-/m0/s1. The van der Waals surface area contributed by atoms with Crippen LogP contribution in [0.3, 0.4) is 0 Å². The highest BCUT2D eigenvalue weighted by molar-refractivity contribution is 7.80. The van der Waals surface area contributed by atoms with E-state index in [1.54, 1.807) is 17.0 Å². The lowest BCUT2D eigenvalue weighted by Gasteiger charge is -2.24. The van der Waals surface area contributed by atoms with E-state index in [0.717, 1.165) is 12.1 Å². The topological polar surface area (TPSA) is 54.5 Å². The van der Waals surface area contributed by atoms with Crippen molar-refractivity contribution in [2.24, 2.45) is 0 Å². The average molecular weight is 415 g/mol. The second kappa shape index (κ2) is 8.97. The Balaban J connectivity index is 1.73. The summed E-state index contributed by atoms with van der Waals surface area (Å²) in [7, 11) is 3.25. The molecule has 1 amide bonds. The SMILES string of the molecule is COC(=S)CC[C@H]1CN(c2cc(F)c(N3CCON(C)CC3)c(F)c2)C(=O)O1. The van der Waals surface area contributed by atoms with E-state index in [4.69, 9.17) is 26.5 Å². The molecule has 2 aliphatic rings. The first-order valence-corrected chi connectivity index (χ1v) is 9.43. The van der Waals surface area contributed by atoms with Gasteiger partial charge in [-0.05, 0) is 18.6 Å². The molecule has 10 heteroatoms. The smallest absolute Gasteiger partial charge is 0.414 e. The quantitative estimate of drug-likeness (QED) is 0.686. The molecule has 0 aliphatic carbocycles. The van der Waals surface area contributed by atoms with Crippen molar-refractivity contribution in [3.05, 3.63) is 23.8 Å². The van der Waals surface area contributed by atoms with E-state index in [9.17, 15) is 13.6 Å². The summed E-state index contributed by atoms with van der Waals surface area (Å²) in [5, 5.41) is 2.06. The minimum absolute atomic E-state index is 0.114. The Bertz CT molecular complexity index is 729. The molecule has 7 nitrogen and oxygen atoms in total. The van der Waals surface area contributed by atoms with Crippen LogP contribution in [0.25, 0.3) is 0 Å². The third kappa shape index (κ3) is 4.68. The number of hydroxylamine groups is 2. The van der Waals surface area contributed by atoms with Crippen molar-refractivity contribution in [3.63, 3.8) is 0 Å². The van der Waals surface area contributed by atoms with Gasteiger partial charge < -0.3 is 14.4 Å². The Morgan fingerprint density at radius 1 is 1.29 bits per heavy atom. The number of benzene rings is 1. The maximum atomic E-state index is 14.8. The van der Waals surface area contributed by atoms with E-state index >= 15 is 0 Å². The lowest BCUT2D eigenvalue weighted by atomic mass is 10.2. The Labute approximate surface area is 167 Å². The summed E-state index contributed by atoms with van der Waals surface area (Å²) < 4.78 is 39.7. The molecule has 0 spiro atoms. The van der Waals surface area contributed by atoms with Crippen molar-refractivity contribution in [2.75, 3.05) is 56.7 Å². The highest BCUT2D eigenvalue weighted by Crippen LogP contribution is 2.31. The van der Waals surface area contributed by atoms with Gasteiger partial charge >= 0.3 is 6.09 Å². The Morgan fingerprint density at radius 3 is 2.68 bits per heavy atom. The summed E-state index contributed by atoms with van der Waals surface area (Å²) in [6, 6.07) is 2.33. The van der Waals surface area contributed by atoms with Crippen LogP contribution in [0, 0.1) is 11.6 Å². The summed E-state index contributed by atoms with van der Waals surface area (Å²) >= 11 is 4.98. The molecule has 28 heavy (non-hydrogen) atoms. The molecule has 0 radical (unpaired) electrons. The number of ether oxygens (including phenoxy) is 2. The second-order valence-electron chi connectivity index (χ2n) is 6.66. The van der Waals surface area contributed by atoms with Crippen LogP contribution in [0.15, 0.2) is 12.1 Å². The Kier molecular flexibility index (Phi) is 6.63. The number of thiocarbonyl (C=S) groups is 1. The zero-order valence-corrected chi connectivity index (χ0v) is 16.6. The van der Waals surface area contributed by atoms with Crippen molar-refractivity contribution in [3.8, 4) is 0 Å². The first-order valence-electron chi connectivity index (χ1n) is 9.02. The lowest BCUT2D eigenvalue weighted by molar-refractivity contribution is -0.126. The van der Waals surface area contributed by atoms with Crippen molar-refractivity contribution < 1.29 is 27.9 Å². The van der Waals surface area contributed by atoms with E-state index in [-0.39, 0.29) is 17.9 Å². The van der Waals surface area contributed by atoms with E-state index in [1.165, 1.54) is 12.0 Å². The van der Waals surface area contributed by atoms with Gasteiger partial charge in [0, 0.05) is 45.2 Å². The maximum Gasteiger partial charge on any atom is 0.414 e. The fraction of sp³-hybridized carbons (Fsp3) is 0.556. The molecule has 154 valence electrons. The fourth-order valence-electron chi connectivity index (χ4n) is 3.24. The monoisotopic (exact) mass is 415 g/mol. The second-order valence-corrected chi connectivity index (χ2v) is 7.12. The zero-order valence-electron chi connectivity index (χ0n) is 15.8. The number of hydrogen-bond donors (Lipinski definition) is 0. The molecule has 0 unspecified atom stereocenters. The predicted octanol–water partition coefficient (Wildman–Crippen LogP) is 2.73. The van der Waals surface area contributed by atoms with Crippen LogP contribution in [0.4, 0.5) is 25.0 Å². The molecule has 0 bridgehead atoms. The molecule has 2 heterocycles. The normalized spacial score (nSPS) is 20.9. The fourth-order valence-corrected chi connectivity index (χ4v) is 3.36. The van der Waals surface area contributed by atoms with Crippen molar-refractivity contribution >= 4 is 34.7 Å². The van der Waals surface area contributed by atoms with Crippen molar-refractivity contribution in [2.45, 2.75) is 18.9 Å². The molecule has 1 atom stereocenters. The lowest BCUT2D eigenvalue weighted by Crippen LogP contribution is -2.31. The first kappa shape index (κ1) is 20.7. The molecule has 1 aromatic rings. The Morgan fingerprint density at radius 2 is 2.00 bits per heavy atom. The molecular weight excluding hydrogens is 392 g/mol. The van der Waals surface area contributed by atoms with Crippen molar-refractivity contribution in [1.29, 1.82) is 0 Å². The molecule has 2 aliphatic heterocycles. The third-order valence-corrected chi connectivity index (χ3v) is 5.13. The number of likely N-dealkylation sites (N-methyl/N-ethyl adjacent to an activating group) is 1. The van der Waals surface area contributed by atoms with Crippen LogP contribution in [0.2, 0.25) is 0 Å². The van der Waals surface area contributed by atoms with Crippen LogP contribution in [-0.2, 0) is 14.3 Å². The van der Waals surface area contributed by atoms with Crippen LogP contribution >= 0.6 is 12.2 Å². The van der Waals surface area contributed by atoms with E-state index in [2.05, 4.69) is 0 Å². The number of anilines is 2. The van der Waals surface area contributed by atoms with Gasteiger partial charge in [0.1, 0.15) is 11.8 Å². The van der Waals surface area contributed by atoms with E-state index < -0.39 is 23.8 Å². The summed E-state index contributed by atoms with van der Waals surface area (Å²) in [5.74, 6) is -1.45. The highest BCUT2D eigenvalue weighted by atomic mass is 32.1. The number of nitrogens with zero attached hydrogens (tertiary/aromatic N) is 3. The van der Waals surface area contributed by atoms with Gasteiger partial charge in [-0.15, -0.1) is 0 Å². The summed E-state index contributed by atoms with van der Waals surface area (Å²) in [5.41, 5.74) is 0.0148. The van der Waals surface area contributed by atoms with Gasteiger partial charge in [0.2, 0.25) is 0 Å². The van der Waals surface area contributed by atoms with Crippen molar-refractivity contribution in [1.82, 2.24) is 5.06 Å². The van der Waals surface area contributed by atoms with Crippen LogP contribution in [0.5, 0.6) is 0 Å². The molecule has 0 saturated carbocycles. The number of cyclic esters (lactones) is 1. The van der Waals surface area contributed by atoms with E-state index in [1.807, 2.05) is 0 Å². The number of hydrogen-bond acceptors (Lipinski definition) is 7. The predicted molar refractivity (Wildman–Crippen MR) is 104 cm³/mol. The van der Waals surface area contributed by atoms with Gasteiger partial charge in [0.05, 0.1) is 25.9 Å². The van der Waals surface area contributed by atoms with Crippen LogP contribution in [0.1, 0.15) is 12.8 Å². The number of amides is 1. The average Bonchev–Trinajstić information content (AvgIpc) is 2.90. The molecular formula is C18H23F2N3O4S. The molecule has 2 fully saturated rings. The molecule has 1 aromatic carbocycles. The molecule has 2 saturated heterocycles. The van der Waals surface area contributed by atoms with Gasteiger partial charge in [0.25, 0.3) is 0 Å².